The lowest BCUT2D eigenvalue weighted by Crippen LogP contribution is -2.17. The lowest BCUT2D eigenvalue weighted by molar-refractivity contribution is 0.302. The van der Waals surface area contributed by atoms with Gasteiger partial charge in [-0.05, 0) is 43.6 Å². The molecule has 13 heavy (non-hydrogen) atoms. The molecule has 0 bridgehead atoms. The Morgan fingerprint density at radius 2 is 1.77 bits per heavy atom. The van der Waals surface area contributed by atoms with E-state index < -0.39 is 0 Å². The molecule has 0 atom stereocenters. The first-order valence-corrected chi connectivity index (χ1v) is 6.05. The first-order valence-electron chi connectivity index (χ1n) is 6.05. The highest BCUT2D eigenvalue weighted by Crippen LogP contribution is 2.49. The van der Waals surface area contributed by atoms with E-state index in [0.29, 0.717) is 5.41 Å². The molecule has 0 amide bonds. The van der Waals surface area contributed by atoms with Gasteiger partial charge in [0, 0.05) is 0 Å². The molecule has 76 valence electrons. The molecule has 2 aliphatic carbocycles. The minimum absolute atomic E-state index is 0.622. The van der Waals surface area contributed by atoms with E-state index in [1.165, 1.54) is 57.8 Å². The molecule has 1 nitrogen and oxygen atoms in total. The summed E-state index contributed by atoms with van der Waals surface area (Å²) in [6.07, 6.45) is 13.2. The molecule has 0 radical (unpaired) electrons. The fourth-order valence-corrected chi connectivity index (χ4v) is 2.72. The summed E-state index contributed by atoms with van der Waals surface area (Å²) in [7, 11) is 0. The van der Waals surface area contributed by atoms with Gasteiger partial charge in [0.05, 0.1) is 0 Å². The first kappa shape index (κ1) is 9.51. The second-order valence-electron chi connectivity index (χ2n) is 5.25. The second kappa shape index (κ2) is 4.00. The van der Waals surface area contributed by atoms with Crippen LogP contribution < -0.4 is 5.73 Å². The molecule has 2 rings (SSSR count). The highest BCUT2D eigenvalue weighted by Gasteiger charge is 2.40. The summed E-state index contributed by atoms with van der Waals surface area (Å²) in [6, 6.07) is 0. The van der Waals surface area contributed by atoms with Crippen molar-refractivity contribution >= 4 is 0 Å². The van der Waals surface area contributed by atoms with Crippen LogP contribution in [0.5, 0.6) is 0 Å². The third-order valence-corrected chi connectivity index (χ3v) is 4.20. The van der Waals surface area contributed by atoms with Crippen LogP contribution in [0.15, 0.2) is 0 Å². The van der Waals surface area contributed by atoms with E-state index in [4.69, 9.17) is 5.73 Å². The first-order chi connectivity index (χ1) is 6.35. The van der Waals surface area contributed by atoms with E-state index in [-0.39, 0.29) is 0 Å². The fourth-order valence-electron chi connectivity index (χ4n) is 2.72. The van der Waals surface area contributed by atoms with Crippen LogP contribution in [0, 0.1) is 11.3 Å². The van der Waals surface area contributed by atoms with Crippen molar-refractivity contribution < 1.29 is 0 Å². The van der Waals surface area contributed by atoms with E-state index in [1.807, 2.05) is 0 Å². The maximum Gasteiger partial charge on any atom is -0.00205 e. The lowest BCUT2D eigenvalue weighted by Gasteiger charge is -2.23. The van der Waals surface area contributed by atoms with Crippen LogP contribution in [-0.4, -0.2) is 6.54 Å². The van der Waals surface area contributed by atoms with Gasteiger partial charge < -0.3 is 5.73 Å². The van der Waals surface area contributed by atoms with Crippen LogP contribution in [0.2, 0.25) is 0 Å². The van der Waals surface area contributed by atoms with Crippen LogP contribution in [-0.2, 0) is 0 Å². The number of hydrogen-bond donors (Lipinski definition) is 1. The SMILES string of the molecule is NCC1(CCC2CCCCC2)CC1. The van der Waals surface area contributed by atoms with Gasteiger partial charge in [0.2, 0.25) is 0 Å². The molecule has 2 aliphatic rings. The fraction of sp³-hybridized carbons (Fsp3) is 1.00. The molecule has 1 heteroatoms. The number of nitrogens with two attached hydrogens (primary N) is 1. The summed E-state index contributed by atoms with van der Waals surface area (Å²) in [5.41, 5.74) is 6.41. The van der Waals surface area contributed by atoms with Crippen molar-refractivity contribution in [2.24, 2.45) is 17.1 Å². The summed E-state index contributed by atoms with van der Waals surface area (Å²) < 4.78 is 0. The van der Waals surface area contributed by atoms with Crippen molar-refractivity contribution in [2.75, 3.05) is 6.54 Å². The molecule has 0 aromatic rings. The molecule has 0 aromatic heterocycles. The van der Waals surface area contributed by atoms with Crippen molar-refractivity contribution in [3.05, 3.63) is 0 Å². The van der Waals surface area contributed by atoms with Gasteiger partial charge >= 0.3 is 0 Å². The summed E-state index contributed by atoms with van der Waals surface area (Å²) in [4.78, 5) is 0. The van der Waals surface area contributed by atoms with Crippen molar-refractivity contribution in [3.63, 3.8) is 0 Å². The predicted octanol–water partition coefficient (Wildman–Crippen LogP) is 3.09. The zero-order chi connectivity index (χ0) is 9.15. The average Bonchev–Trinajstić information content (AvgIpc) is 2.97. The topological polar surface area (TPSA) is 26.0 Å². The highest BCUT2D eigenvalue weighted by atomic mass is 14.6. The van der Waals surface area contributed by atoms with Gasteiger partial charge in [0.25, 0.3) is 0 Å². The molecule has 2 fully saturated rings. The van der Waals surface area contributed by atoms with E-state index in [2.05, 4.69) is 0 Å². The second-order valence-corrected chi connectivity index (χ2v) is 5.25. The van der Waals surface area contributed by atoms with E-state index in [0.717, 1.165) is 12.5 Å². The molecule has 2 saturated carbocycles. The van der Waals surface area contributed by atoms with E-state index in [1.54, 1.807) is 0 Å². The largest absolute Gasteiger partial charge is 0.330 e. The zero-order valence-electron chi connectivity index (χ0n) is 8.73. The van der Waals surface area contributed by atoms with E-state index >= 15 is 0 Å². The minimum atomic E-state index is 0.622. The number of rotatable bonds is 4. The minimum Gasteiger partial charge on any atom is -0.330 e. The third kappa shape index (κ3) is 2.46. The summed E-state index contributed by atoms with van der Waals surface area (Å²) in [5, 5.41) is 0. The molecule has 0 aromatic carbocycles. The summed E-state index contributed by atoms with van der Waals surface area (Å²) in [6.45, 7) is 0.944. The van der Waals surface area contributed by atoms with Crippen molar-refractivity contribution in [1.29, 1.82) is 0 Å². The quantitative estimate of drug-likeness (QED) is 0.708. The molecular formula is C12H23N. The van der Waals surface area contributed by atoms with Crippen molar-refractivity contribution in [2.45, 2.75) is 57.8 Å². The lowest BCUT2D eigenvalue weighted by atomic mass is 9.83. The molecule has 0 unspecified atom stereocenters. The summed E-state index contributed by atoms with van der Waals surface area (Å²) >= 11 is 0. The monoisotopic (exact) mass is 181 g/mol. The summed E-state index contributed by atoms with van der Waals surface area (Å²) in [5.74, 6) is 1.05. The van der Waals surface area contributed by atoms with Gasteiger partial charge in [0.15, 0.2) is 0 Å². The Hall–Kier alpha value is -0.0400. The third-order valence-electron chi connectivity index (χ3n) is 4.20. The maximum absolute atomic E-state index is 5.78. The molecule has 0 spiro atoms. The van der Waals surface area contributed by atoms with Crippen molar-refractivity contribution in [1.82, 2.24) is 0 Å². The van der Waals surface area contributed by atoms with Crippen LogP contribution in [0.3, 0.4) is 0 Å². The maximum atomic E-state index is 5.78. The Labute approximate surface area is 82.1 Å². The zero-order valence-corrected chi connectivity index (χ0v) is 8.73. The van der Waals surface area contributed by atoms with Gasteiger partial charge in [-0.15, -0.1) is 0 Å². The van der Waals surface area contributed by atoms with Gasteiger partial charge in [-0.1, -0.05) is 32.1 Å². The smallest absolute Gasteiger partial charge is 0.00205 e. The normalized spacial score (nSPS) is 27.5. The Balaban J connectivity index is 1.66. The molecule has 2 N–H and O–H groups in total. The Morgan fingerprint density at radius 1 is 1.08 bits per heavy atom. The Bertz CT molecular complexity index is 155. The van der Waals surface area contributed by atoms with Gasteiger partial charge in [-0.25, -0.2) is 0 Å². The highest BCUT2D eigenvalue weighted by molar-refractivity contribution is 4.94. The Morgan fingerprint density at radius 3 is 2.31 bits per heavy atom. The number of hydrogen-bond acceptors (Lipinski definition) is 1. The standard InChI is InChI=1S/C12H23N/c13-10-12(8-9-12)7-6-11-4-2-1-3-5-11/h11H,1-10,13H2. The molecule has 0 saturated heterocycles. The van der Waals surface area contributed by atoms with Gasteiger partial charge in [-0.3, -0.25) is 0 Å². The average molecular weight is 181 g/mol. The molecular weight excluding hydrogens is 158 g/mol. The molecule has 0 aliphatic heterocycles. The van der Waals surface area contributed by atoms with Crippen LogP contribution in [0.1, 0.15) is 57.8 Å². The predicted molar refractivity (Wildman–Crippen MR) is 56.5 cm³/mol. The van der Waals surface area contributed by atoms with Crippen LogP contribution in [0.25, 0.3) is 0 Å². The van der Waals surface area contributed by atoms with E-state index in [9.17, 15) is 0 Å². The molecule has 0 heterocycles. The van der Waals surface area contributed by atoms with Gasteiger partial charge in [-0.2, -0.15) is 0 Å². The van der Waals surface area contributed by atoms with Gasteiger partial charge in [0.1, 0.15) is 0 Å². The Kier molecular flexibility index (Phi) is 2.92. The van der Waals surface area contributed by atoms with Crippen LogP contribution in [0.4, 0.5) is 0 Å². The van der Waals surface area contributed by atoms with Crippen LogP contribution >= 0.6 is 0 Å². The van der Waals surface area contributed by atoms with Crippen molar-refractivity contribution in [3.8, 4) is 0 Å².